The van der Waals surface area contributed by atoms with Crippen LogP contribution in [0.3, 0.4) is 0 Å². The van der Waals surface area contributed by atoms with E-state index < -0.39 is 17.4 Å². The molecule has 0 rings (SSSR count). The van der Waals surface area contributed by atoms with E-state index in [9.17, 15) is 19.8 Å². The molecule has 0 atom stereocenters. The Balaban J connectivity index is 0. The minimum atomic E-state index is -1.57. The molecule has 0 spiro atoms. The molecule has 116 valence electrons. The van der Waals surface area contributed by atoms with Crippen LogP contribution in [-0.2, 0) is 9.59 Å². The molecule has 0 bridgehead atoms. The average Bonchev–Trinajstić information content (AvgIpc) is 2.36. The van der Waals surface area contributed by atoms with Crippen molar-refractivity contribution in [1.82, 2.24) is 0 Å². The molecule has 0 saturated heterocycles. The molecule has 0 aromatic carbocycles. The van der Waals surface area contributed by atoms with Gasteiger partial charge in [-0.3, -0.25) is 9.59 Å². The second-order valence-electron chi connectivity index (χ2n) is 5.31. The van der Waals surface area contributed by atoms with Crippen LogP contribution in [0.1, 0.15) is 78.1 Å². The van der Waals surface area contributed by atoms with Gasteiger partial charge in [-0.15, -0.1) is 0 Å². The van der Waals surface area contributed by atoms with Gasteiger partial charge in [-0.05, 0) is 12.8 Å². The summed E-state index contributed by atoms with van der Waals surface area (Å²) in [4.78, 5) is 22.8. The van der Waals surface area contributed by atoms with Crippen molar-refractivity contribution in [2.45, 2.75) is 78.1 Å². The monoisotopic (exact) mass is 412 g/mol. The molecular weight excluding hydrogens is 381 g/mol. The number of carboxylic acids is 2. The molecule has 2 N–H and O–H groups in total. The first-order valence-electron chi connectivity index (χ1n) is 7.48. The molecule has 0 saturated carbocycles. The predicted molar refractivity (Wildman–Crippen MR) is 83.8 cm³/mol. The molecule has 0 aliphatic rings. The van der Waals surface area contributed by atoms with Crippen molar-refractivity contribution in [1.29, 1.82) is 0 Å². The van der Waals surface area contributed by atoms with Crippen molar-refractivity contribution in [2.24, 2.45) is 5.41 Å². The molecule has 0 amide bonds. The second kappa shape index (κ2) is 13.2. The van der Waals surface area contributed by atoms with Crippen molar-refractivity contribution in [3.63, 3.8) is 0 Å². The molecule has 0 aromatic rings. The number of carbonyl (C=O) groups is 2. The van der Waals surface area contributed by atoms with E-state index >= 15 is 0 Å². The topological polar surface area (TPSA) is 74.6 Å². The van der Waals surface area contributed by atoms with Gasteiger partial charge >= 0.3 is 60.8 Å². The molecular formula is C15H30BaO4. The van der Waals surface area contributed by atoms with Crippen LogP contribution in [0.25, 0.3) is 0 Å². The van der Waals surface area contributed by atoms with Gasteiger partial charge in [-0.1, -0.05) is 65.2 Å². The molecule has 0 aromatic heterocycles. The summed E-state index contributed by atoms with van der Waals surface area (Å²) in [5.41, 5.74) is -1.57. The molecule has 0 aliphatic carbocycles. The first kappa shape index (κ1) is 22.8. The molecule has 4 nitrogen and oxygen atoms in total. The molecule has 0 unspecified atom stereocenters. The van der Waals surface area contributed by atoms with Crippen LogP contribution in [0, 0.1) is 5.41 Å². The summed E-state index contributed by atoms with van der Waals surface area (Å²) in [6.45, 7) is 4.15. The van der Waals surface area contributed by atoms with Crippen molar-refractivity contribution in [3.05, 3.63) is 0 Å². The normalized spacial score (nSPS) is 10.9. The zero-order valence-corrected chi connectivity index (χ0v) is 12.3. The Morgan fingerprint density at radius 2 is 1.10 bits per heavy atom. The van der Waals surface area contributed by atoms with Gasteiger partial charge in [-0.25, -0.2) is 0 Å². The average molecular weight is 412 g/mol. The van der Waals surface area contributed by atoms with Crippen LogP contribution in [0.15, 0.2) is 0 Å². The molecule has 0 aliphatic heterocycles. The van der Waals surface area contributed by atoms with Crippen molar-refractivity contribution >= 4 is 60.8 Å². The first-order valence-corrected chi connectivity index (χ1v) is 7.48. The van der Waals surface area contributed by atoms with Crippen LogP contribution in [0.2, 0.25) is 0 Å². The number of unbranched alkanes of at least 4 members (excludes halogenated alkanes) is 6. The molecule has 5 heteroatoms. The van der Waals surface area contributed by atoms with Crippen molar-refractivity contribution < 1.29 is 19.8 Å². The SMILES string of the molecule is CCCCCCC(CCCCCC)(C(=O)O)C(=O)O.[BaH2]. The summed E-state index contributed by atoms with van der Waals surface area (Å²) in [7, 11) is 0. The molecule has 0 radical (unpaired) electrons. The summed E-state index contributed by atoms with van der Waals surface area (Å²) < 4.78 is 0. The first-order chi connectivity index (χ1) is 9.01. The van der Waals surface area contributed by atoms with Crippen molar-refractivity contribution in [3.8, 4) is 0 Å². The van der Waals surface area contributed by atoms with E-state index in [0.29, 0.717) is 12.8 Å². The Kier molecular flexibility index (Phi) is 15.0. The van der Waals surface area contributed by atoms with Gasteiger partial charge in [0, 0.05) is 0 Å². The zero-order chi connectivity index (χ0) is 14.7. The van der Waals surface area contributed by atoms with Gasteiger partial charge in [-0.2, -0.15) is 0 Å². The van der Waals surface area contributed by atoms with Crippen LogP contribution in [0.4, 0.5) is 0 Å². The Hall–Kier alpha value is 0.511. The standard InChI is InChI=1S/C15H28O4.Ba.2H/c1-3-5-7-9-11-15(13(16)17,14(18)19)12-10-8-6-4-2;;;/h3-12H2,1-2H3,(H,16,17)(H,18,19);;;. The van der Waals surface area contributed by atoms with Gasteiger partial charge in [0.05, 0.1) is 0 Å². The fraction of sp³-hybridized carbons (Fsp3) is 0.867. The fourth-order valence-corrected chi connectivity index (χ4v) is 2.35. The summed E-state index contributed by atoms with van der Waals surface area (Å²) >= 11 is 0. The third kappa shape index (κ3) is 8.08. The number of hydrogen-bond donors (Lipinski definition) is 2. The maximum absolute atomic E-state index is 11.4. The number of hydrogen-bond acceptors (Lipinski definition) is 2. The molecule has 0 heterocycles. The van der Waals surface area contributed by atoms with Gasteiger partial charge in [0.15, 0.2) is 5.41 Å². The van der Waals surface area contributed by atoms with Crippen molar-refractivity contribution in [2.75, 3.05) is 0 Å². The van der Waals surface area contributed by atoms with Crippen LogP contribution >= 0.6 is 0 Å². The molecule has 0 fully saturated rings. The minimum absolute atomic E-state index is 0. The van der Waals surface area contributed by atoms with E-state index in [-0.39, 0.29) is 61.7 Å². The van der Waals surface area contributed by atoms with Crippen LogP contribution in [-0.4, -0.2) is 71.0 Å². The third-order valence-electron chi connectivity index (χ3n) is 3.73. The summed E-state index contributed by atoms with van der Waals surface area (Å²) in [6.07, 6.45) is 7.87. The van der Waals surface area contributed by atoms with Gasteiger partial charge < -0.3 is 10.2 Å². The number of rotatable bonds is 12. The van der Waals surface area contributed by atoms with Gasteiger partial charge in [0.1, 0.15) is 0 Å². The summed E-state index contributed by atoms with van der Waals surface area (Å²) in [5.74, 6) is -2.35. The van der Waals surface area contributed by atoms with E-state index in [1.54, 1.807) is 0 Å². The Labute approximate surface area is 162 Å². The number of carboxylic acid groups (broad SMARTS) is 2. The Morgan fingerprint density at radius 3 is 1.35 bits per heavy atom. The van der Waals surface area contributed by atoms with E-state index in [1.807, 2.05) is 0 Å². The van der Waals surface area contributed by atoms with E-state index in [1.165, 1.54) is 0 Å². The van der Waals surface area contributed by atoms with Crippen LogP contribution < -0.4 is 0 Å². The summed E-state index contributed by atoms with van der Waals surface area (Å²) in [6, 6.07) is 0. The Bertz CT molecular complexity index is 251. The van der Waals surface area contributed by atoms with E-state index in [2.05, 4.69) is 13.8 Å². The second-order valence-corrected chi connectivity index (χ2v) is 5.31. The Morgan fingerprint density at radius 1 is 0.750 bits per heavy atom. The van der Waals surface area contributed by atoms with E-state index in [0.717, 1.165) is 38.5 Å². The quantitative estimate of drug-likeness (QED) is 0.294. The van der Waals surface area contributed by atoms with Crippen LogP contribution in [0.5, 0.6) is 0 Å². The maximum atomic E-state index is 11.4. The fourth-order valence-electron chi connectivity index (χ4n) is 2.35. The number of aliphatic carboxylic acids is 2. The predicted octanol–water partition coefficient (Wildman–Crippen LogP) is 3.17. The molecule has 20 heavy (non-hydrogen) atoms. The zero-order valence-electron chi connectivity index (χ0n) is 12.3. The third-order valence-corrected chi connectivity index (χ3v) is 3.73. The van der Waals surface area contributed by atoms with Gasteiger partial charge in [0.25, 0.3) is 0 Å². The van der Waals surface area contributed by atoms with Gasteiger partial charge in [0.2, 0.25) is 0 Å². The van der Waals surface area contributed by atoms with E-state index in [4.69, 9.17) is 0 Å². The summed E-state index contributed by atoms with van der Waals surface area (Å²) in [5, 5.41) is 18.7.